The number of carbonyl (C=O) groups excluding carboxylic acids is 1. The van der Waals surface area contributed by atoms with Gasteiger partial charge < -0.3 is 5.32 Å². The summed E-state index contributed by atoms with van der Waals surface area (Å²) >= 11 is 0. The van der Waals surface area contributed by atoms with Crippen LogP contribution in [0.3, 0.4) is 0 Å². The highest BCUT2D eigenvalue weighted by Gasteiger charge is 2.35. The topological polar surface area (TPSA) is 29.1 Å². The Morgan fingerprint density at radius 3 is 2.50 bits per heavy atom. The van der Waals surface area contributed by atoms with Crippen LogP contribution in [0.4, 0.5) is 0 Å². The van der Waals surface area contributed by atoms with Gasteiger partial charge in [0.25, 0.3) is 0 Å². The molecule has 0 radical (unpaired) electrons. The Kier molecular flexibility index (Phi) is 3.31. The first-order valence-corrected chi connectivity index (χ1v) is 7.06. The number of amides is 1. The molecular weight excluding hydrogens is 246 g/mol. The Hall–Kier alpha value is -2.09. The highest BCUT2D eigenvalue weighted by atomic mass is 16.2. The Morgan fingerprint density at radius 1 is 1.05 bits per heavy atom. The van der Waals surface area contributed by atoms with E-state index in [9.17, 15) is 4.79 Å². The first kappa shape index (κ1) is 12.9. The molecule has 2 aromatic carbocycles. The van der Waals surface area contributed by atoms with Gasteiger partial charge in [-0.2, -0.15) is 0 Å². The molecule has 0 bridgehead atoms. The van der Waals surface area contributed by atoms with Gasteiger partial charge in [0.2, 0.25) is 5.91 Å². The predicted molar refractivity (Wildman–Crippen MR) is 80.6 cm³/mol. The van der Waals surface area contributed by atoms with E-state index in [1.165, 1.54) is 22.3 Å². The molecule has 2 unspecified atom stereocenters. The van der Waals surface area contributed by atoms with Gasteiger partial charge in [-0.3, -0.25) is 4.79 Å². The molecule has 1 amide bonds. The van der Waals surface area contributed by atoms with Gasteiger partial charge >= 0.3 is 0 Å². The minimum absolute atomic E-state index is 0.0881. The van der Waals surface area contributed by atoms with Crippen molar-refractivity contribution in [3.63, 3.8) is 0 Å². The molecule has 0 saturated carbocycles. The number of carbonyl (C=O) groups is 1. The number of nitrogens with one attached hydrogen (secondary N) is 1. The molecule has 1 heterocycles. The third-order valence-electron chi connectivity index (χ3n) is 4.11. The SMILES string of the molecule is Cc1ccc(C2CC(=O)NC2c2ccccc2)c(C)c1. The molecule has 2 atom stereocenters. The van der Waals surface area contributed by atoms with Gasteiger partial charge in [0, 0.05) is 12.3 Å². The van der Waals surface area contributed by atoms with Crippen LogP contribution in [0.25, 0.3) is 0 Å². The van der Waals surface area contributed by atoms with Crippen molar-refractivity contribution < 1.29 is 4.79 Å². The first-order valence-electron chi connectivity index (χ1n) is 7.06. The quantitative estimate of drug-likeness (QED) is 0.882. The minimum Gasteiger partial charge on any atom is -0.349 e. The average Bonchev–Trinajstić information content (AvgIpc) is 2.81. The van der Waals surface area contributed by atoms with Crippen LogP contribution >= 0.6 is 0 Å². The maximum absolute atomic E-state index is 11.9. The molecule has 0 spiro atoms. The van der Waals surface area contributed by atoms with Crippen molar-refractivity contribution in [3.8, 4) is 0 Å². The summed E-state index contributed by atoms with van der Waals surface area (Å²) in [5.74, 6) is 0.370. The zero-order chi connectivity index (χ0) is 14.1. The summed E-state index contributed by atoms with van der Waals surface area (Å²) in [5, 5.41) is 3.12. The maximum Gasteiger partial charge on any atom is 0.221 e. The second kappa shape index (κ2) is 5.12. The third kappa shape index (κ3) is 2.34. The van der Waals surface area contributed by atoms with Gasteiger partial charge in [-0.05, 0) is 30.5 Å². The molecule has 1 fully saturated rings. The van der Waals surface area contributed by atoms with Crippen molar-refractivity contribution in [1.29, 1.82) is 0 Å². The van der Waals surface area contributed by atoms with Crippen molar-refractivity contribution in [2.45, 2.75) is 32.2 Å². The molecule has 2 heteroatoms. The molecule has 0 aromatic heterocycles. The highest BCUT2D eigenvalue weighted by Crippen LogP contribution is 2.39. The van der Waals surface area contributed by atoms with Gasteiger partial charge in [0.1, 0.15) is 0 Å². The van der Waals surface area contributed by atoms with Crippen molar-refractivity contribution >= 4 is 5.91 Å². The van der Waals surface area contributed by atoms with Gasteiger partial charge in [-0.15, -0.1) is 0 Å². The monoisotopic (exact) mass is 265 g/mol. The Balaban J connectivity index is 2.00. The first-order chi connectivity index (χ1) is 9.65. The number of hydrogen-bond donors (Lipinski definition) is 1. The number of rotatable bonds is 2. The Labute approximate surface area is 119 Å². The lowest BCUT2D eigenvalue weighted by atomic mass is 9.85. The molecule has 2 nitrogen and oxygen atoms in total. The summed E-state index contributed by atoms with van der Waals surface area (Å²) in [4.78, 5) is 11.9. The van der Waals surface area contributed by atoms with E-state index in [2.05, 4.69) is 49.5 Å². The van der Waals surface area contributed by atoms with Gasteiger partial charge in [0.15, 0.2) is 0 Å². The molecule has 102 valence electrons. The lowest BCUT2D eigenvalue weighted by Crippen LogP contribution is -2.20. The molecule has 1 aliphatic heterocycles. The summed E-state index contributed by atoms with van der Waals surface area (Å²) in [6, 6.07) is 16.8. The minimum atomic E-state index is 0.0881. The van der Waals surface area contributed by atoms with Crippen molar-refractivity contribution in [2.75, 3.05) is 0 Å². The standard InChI is InChI=1S/C18H19NO/c1-12-8-9-15(13(2)10-12)16-11-17(20)19-18(16)14-6-4-3-5-7-14/h3-10,16,18H,11H2,1-2H3,(H,19,20). The molecule has 2 aromatic rings. The fourth-order valence-corrected chi connectivity index (χ4v) is 3.16. The lowest BCUT2D eigenvalue weighted by molar-refractivity contribution is -0.119. The predicted octanol–water partition coefficient (Wildman–Crippen LogP) is 3.65. The molecule has 20 heavy (non-hydrogen) atoms. The second-order valence-electron chi connectivity index (χ2n) is 5.63. The maximum atomic E-state index is 11.9. The van der Waals surface area contributed by atoms with E-state index < -0.39 is 0 Å². The number of hydrogen-bond acceptors (Lipinski definition) is 1. The van der Waals surface area contributed by atoms with Gasteiger partial charge in [-0.1, -0.05) is 54.1 Å². The second-order valence-corrected chi connectivity index (χ2v) is 5.63. The summed E-state index contributed by atoms with van der Waals surface area (Å²) < 4.78 is 0. The van der Waals surface area contributed by atoms with E-state index in [1.54, 1.807) is 0 Å². The van der Waals surface area contributed by atoms with Crippen molar-refractivity contribution in [3.05, 3.63) is 70.8 Å². The normalized spacial score (nSPS) is 21.8. The third-order valence-corrected chi connectivity index (χ3v) is 4.11. The van der Waals surface area contributed by atoms with Crippen LogP contribution in [-0.4, -0.2) is 5.91 Å². The van der Waals surface area contributed by atoms with Gasteiger partial charge in [-0.25, -0.2) is 0 Å². The highest BCUT2D eigenvalue weighted by molar-refractivity contribution is 5.80. The molecule has 1 N–H and O–H groups in total. The van der Waals surface area contributed by atoms with E-state index in [1.807, 2.05) is 18.2 Å². The number of benzene rings is 2. The van der Waals surface area contributed by atoms with E-state index in [0.717, 1.165) is 0 Å². The van der Waals surface area contributed by atoms with E-state index in [4.69, 9.17) is 0 Å². The summed E-state index contributed by atoms with van der Waals surface area (Å²) in [7, 11) is 0. The van der Waals surface area contributed by atoms with Crippen LogP contribution in [0, 0.1) is 13.8 Å². The van der Waals surface area contributed by atoms with E-state index in [-0.39, 0.29) is 17.9 Å². The van der Waals surface area contributed by atoms with E-state index in [0.29, 0.717) is 6.42 Å². The van der Waals surface area contributed by atoms with Gasteiger partial charge in [0.05, 0.1) is 6.04 Å². The summed E-state index contributed by atoms with van der Waals surface area (Å²) in [5.41, 5.74) is 5.00. The molecule has 3 rings (SSSR count). The average molecular weight is 265 g/mol. The summed E-state index contributed by atoms with van der Waals surface area (Å²) in [6.45, 7) is 4.23. The Bertz CT molecular complexity index is 633. The van der Waals surface area contributed by atoms with Crippen LogP contribution in [0.15, 0.2) is 48.5 Å². The Morgan fingerprint density at radius 2 is 1.80 bits per heavy atom. The molecule has 1 aliphatic rings. The van der Waals surface area contributed by atoms with Crippen LogP contribution in [0.1, 0.15) is 40.6 Å². The largest absolute Gasteiger partial charge is 0.349 e. The fraction of sp³-hybridized carbons (Fsp3) is 0.278. The molecule has 0 aliphatic carbocycles. The van der Waals surface area contributed by atoms with Crippen LogP contribution in [0.2, 0.25) is 0 Å². The molecule has 1 saturated heterocycles. The van der Waals surface area contributed by atoms with Crippen molar-refractivity contribution in [2.24, 2.45) is 0 Å². The smallest absolute Gasteiger partial charge is 0.221 e. The van der Waals surface area contributed by atoms with Crippen LogP contribution in [-0.2, 0) is 4.79 Å². The van der Waals surface area contributed by atoms with E-state index >= 15 is 0 Å². The van der Waals surface area contributed by atoms with Crippen LogP contribution in [0.5, 0.6) is 0 Å². The zero-order valence-electron chi connectivity index (χ0n) is 11.9. The molecular formula is C18H19NO. The lowest BCUT2D eigenvalue weighted by Gasteiger charge is -2.21. The zero-order valence-corrected chi connectivity index (χ0v) is 11.9. The van der Waals surface area contributed by atoms with Crippen molar-refractivity contribution in [1.82, 2.24) is 5.32 Å². The van der Waals surface area contributed by atoms with Crippen LogP contribution < -0.4 is 5.32 Å². The summed E-state index contributed by atoms with van der Waals surface area (Å²) in [6.07, 6.45) is 0.573. The number of aryl methyl sites for hydroxylation is 2. The fourth-order valence-electron chi connectivity index (χ4n) is 3.16.